The van der Waals surface area contributed by atoms with Crippen LogP contribution in [-0.2, 0) is 25.2 Å². The van der Waals surface area contributed by atoms with Crippen molar-refractivity contribution >= 4 is 27.6 Å². The van der Waals surface area contributed by atoms with Gasteiger partial charge in [-0.3, -0.25) is 4.79 Å². The number of benzene rings is 2. The van der Waals surface area contributed by atoms with E-state index >= 15 is 0 Å². The van der Waals surface area contributed by atoms with E-state index in [1.807, 2.05) is 0 Å². The third-order valence-corrected chi connectivity index (χ3v) is 6.34. The second-order valence-electron chi connectivity index (χ2n) is 6.49. The Morgan fingerprint density at radius 1 is 1.00 bits per heavy atom. The highest BCUT2D eigenvalue weighted by Gasteiger charge is 2.24. The Bertz CT molecular complexity index is 965. The van der Waals surface area contributed by atoms with E-state index in [1.54, 1.807) is 48.5 Å². The molecule has 154 valence electrons. The Kier molecular flexibility index (Phi) is 6.63. The maximum Gasteiger partial charge on any atom is 0.337 e. The fourth-order valence-electron chi connectivity index (χ4n) is 2.89. The number of nitrogens with zero attached hydrogens (tertiary/aromatic N) is 1. The molecule has 0 atom stereocenters. The first-order chi connectivity index (χ1) is 13.9. The summed E-state index contributed by atoms with van der Waals surface area (Å²) in [6.07, 6.45) is 0. The molecule has 1 aliphatic heterocycles. The summed E-state index contributed by atoms with van der Waals surface area (Å²) in [7, 11) is -2.12. The van der Waals surface area contributed by atoms with Crippen molar-refractivity contribution in [3.8, 4) is 0 Å². The van der Waals surface area contributed by atoms with Crippen molar-refractivity contribution < 1.29 is 27.5 Å². The number of esters is 1. The predicted molar refractivity (Wildman–Crippen MR) is 107 cm³/mol. The number of hydrogen-bond donors (Lipinski definition) is 1. The number of morpholine rings is 1. The van der Waals surface area contributed by atoms with Gasteiger partial charge in [0.2, 0.25) is 10.0 Å². The van der Waals surface area contributed by atoms with Crippen LogP contribution in [0.5, 0.6) is 0 Å². The Hall–Kier alpha value is -2.75. The van der Waals surface area contributed by atoms with Crippen LogP contribution in [0.1, 0.15) is 26.3 Å². The Morgan fingerprint density at radius 2 is 1.59 bits per heavy atom. The van der Waals surface area contributed by atoms with Crippen LogP contribution in [0.25, 0.3) is 0 Å². The van der Waals surface area contributed by atoms with E-state index in [4.69, 9.17) is 4.74 Å². The molecule has 0 unspecified atom stereocenters. The molecule has 0 aliphatic carbocycles. The SMILES string of the molecule is COC(=O)c1ccc(NC(=O)c2ccc(CS(=O)(=O)N3CCOCC3)cc2)cc1. The number of sulfonamides is 1. The lowest BCUT2D eigenvalue weighted by Gasteiger charge is -2.26. The Labute approximate surface area is 169 Å². The summed E-state index contributed by atoms with van der Waals surface area (Å²) in [6, 6.07) is 12.8. The molecule has 8 nitrogen and oxygen atoms in total. The summed E-state index contributed by atoms with van der Waals surface area (Å²) in [4.78, 5) is 23.8. The number of carbonyl (C=O) groups is 2. The minimum absolute atomic E-state index is 0.121. The van der Waals surface area contributed by atoms with Crippen molar-refractivity contribution in [1.82, 2.24) is 4.31 Å². The minimum Gasteiger partial charge on any atom is -0.465 e. The van der Waals surface area contributed by atoms with Gasteiger partial charge < -0.3 is 14.8 Å². The smallest absolute Gasteiger partial charge is 0.337 e. The molecule has 1 amide bonds. The lowest BCUT2D eigenvalue weighted by molar-refractivity contribution is 0.0600. The van der Waals surface area contributed by atoms with E-state index in [1.165, 1.54) is 11.4 Å². The largest absolute Gasteiger partial charge is 0.465 e. The topological polar surface area (TPSA) is 102 Å². The molecule has 0 bridgehead atoms. The van der Waals surface area contributed by atoms with Crippen LogP contribution < -0.4 is 5.32 Å². The zero-order valence-electron chi connectivity index (χ0n) is 16.0. The van der Waals surface area contributed by atoms with Gasteiger partial charge in [-0.25, -0.2) is 13.2 Å². The summed E-state index contributed by atoms with van der Waals surface area (Å²) in [5.74, 6) is -0.909. The summed E-state index contributed by atoms with van der Waals surface area (Å²) in [6.45, 7) is 1.52. The normalized spacial score (nSPS) is 14.9. The second kappa shape index (κ2) is 9.17. The molecule has 1 aliphatic rings. The van der Waals surface area contributed by atoms with Crippen LogP contribution >= 0.6 is 0 Å². The number of nitrogens with one attached hydrogen (secondary N) is 1. The van der Waals surface area contributed by atoms with E-state index in [0.29, 0.717) is 48.7 Å². The highest BCUT2D eigenvalue weighted by molar-refractivity contribution is 7.88. The summed E-state index contributed by atoms with van der Waals surface area (Å²) < 4.78 is 36.2. The first kappa shape index (κ1) is 21.0. The van der Waals surface area contributed by atoms with Gasteiger partial charge in [0, 0.05) is 24.3 Å². The fourth-order valence-corrected chi connectivity index (χ4v) is 4.39. The highest BCUT2D eigenvalue weighted by atomic mass is 32.2. The van der Waals surface area contributed by atoms with Crippen molar-refractivity contribution in [2.24, 2.45) is 0 Å². The van der Waals surface area contributed by atoms with Crippen LogP contribution in [0.3, 0.4) is 0 Å². The third-order valence-electron chi connectivity index (χ3n) is 4.49. The Morgan fingerprint density at radius 3 is 2.17 bits per heavy atom. The number of ether oxygens (including phenoxy) is 2. The molecule has 0 spiro atoms. The number of anilines is 1. The third kappa shape index (κ3) is 5.41. The molecular weight excluding hydrogens is 396 g/mol. The van der Waals surface area contributed by atoms with Crippen molar-refractivity contribution in [3.05, 3.63) is 65.2 Å². The van der Waals surface area contributed by atoms with Crippen LogP contribution in [0.15, 0.2) is 48.5 Å². The average Bonchev–Trinajstić information content (AvgIpc) is 2.74. The molecule has 2 aromatic carbocycles. The molecule has 29 heavy (non-hydrogen) atoms. The van der Waals surface area contributed by atoms with E-state index in [9.17, 15) is 18.0 Å². The zero-order chi connectivity index (χ0) is 20.9. The summed E-state index contributed by atoms with van der Waals surface area (Å²) in [5.41, 5.74) is 1.92. The molecule has 2 aromatic rings. The van der Waals surface area contributed by atoms with Crippen LogP contribution in [0.4, 0.5) is 5.69 Å². The maximum absolute atomic E-state index is 12.5. The van der Waals surface area contributed by atoms with Crippen LogP contribution in [0, 0.1) is 0 Å². The predicted octanol–water partition coefficient (Wildman–Crippen LogP) is 1.89. The van der Waals surface area contributed by atoms with Crippen molar-refractivity contribution in [1.29, 1.82) is 0 Å². The van der Waals surface area contributed by atoms with Gasteiger partial charge in [-0.15, -0.1) is 0 Å². The molecule has 0 aromatic heterocycles. The molecule has 0 radical (unpaired) electrons. The van der Waals surface area contributed by atoms with Gasteiger partial charge in [0.15, 0.2) is 0 Å². The quantitative estimate of drug-likeness (QED) is 0.719. The number of carbonyl (C=O) groups excluding carboxylic acids is 2. The van der Waals surface area contributed by atoms with Gasteiger partial charge in [0.1, 0.15) is 0 Å². The summed E-state index contributed by atoms with van der Waals surface area (Å²) >= 11 is 0. The van der Waals surface area contributed by atoms with Crippen molar-refractivity contribution in [2.75, 3.05) is 38.7 Å². The highest BCUT2D eigenvalue weighted by Crippen LogP contribution is 2.16. The molecular formula is C20H22N2O6S. The lowest BCUT2D eigenvalue weighted by atomic mass is 10.1. The first-order valence-electron chi connectivity index (χ1n) is 9.03. The fraction of sp³-hybridized carbons (Fsp3) is 0.300. The number of amides is 1. The van der Waals surface area contributed by atoms with Crippen LogP contribution in [-0.4, -0.2) is 58.0 Å². The molecule has 1 saturated heterocycles. The maximum atomic E-state index is 12.5. The number of methoxy groups -OCH3 is 1. The summed E-state index contributed by atoms with van der Waals surface area (Å²) in [5, 5.41) is 2.73. The van der Waals surface area contributed by atoms with Gasteiger partial charge in [-0.2, -0.15) is 4.31 Å². The minimum atomic E-state index is -3.42. The van der Waals surface area contributed by atoms with Gasteiger partial charge in [-0.1, -0.05) is 12.1 Å². The van der Waals surface area contributed by atoms with Crippen LogP contribution in [0.2, 0.25) is 0 Å². The molecule has 1 N–H and O–H groups in total. The van der Waals surface area contributed by atoms with E-state index in [-0.39, 0.29) is 11.7 Å². The van der Waals surface area contributed by atoms with Gasteiger partial charge >= 0.3 is 5.97 Å². The number of rotatable bonds is 6. The first-order valence-corrected chi connectivity index (χ1v) is 10.6. The molecule has 0 saturated carbocycles. The molecule has 1 heterocycles. The van der Waals surface area contributed by atoms with Gasteiger partial charge in [0.05, 0.1) is 31.6 Å². The molecule has 9 heteroatoms. The van der Waals surface area contributed by atoms with Gasteiger partial charge in [-0.05, 0) is 42.0 Å². The van der Waals surface area contributed by atoms with Crippen molar-refractivity contribution in [3.63, 3.8) is 0 Å². The molecule has 3 rings (SSSR count). The lowest BCUT2D eigenvalue weighted by Crippen LogP contribution is -2.41. The van der Waals surface area contributed by atoms with Crippen molar-refractivity contribution in [2.45, 2.75) is 5.75 Å². The number of hydrogen-bond acceptors (Lipinski definition) is 6. The van der Waals surface area contributed by atoms with E-state index in [2.05, 4.69) is 10.1 Å². The van der Waals surface area contributed by atoms with Gasteiger partial charge in [0.25, 0.3) is 5.91 Å². The monoisotopic (exact) mass is 418 g/mol. The zero-order valence-corrected chi connectivity index (χ0v) is 16.8. The van der Waals surface area contributed by atoms with E-state index in [0.717, 1.165) is 0 Å². The van der Waals surface area contributed by atoms with E-state index < -0.39 is 16.0 Å². The Balaban J connectivity index is 1.62. The standard InChI is InChI=1S/C20H22N2O6S/c1-27-20(24)17-6-8-18(9-7-17)21-19(23)16-4-2-15(3-5-16)14-29(25,26)22-10-12-28-13-11-22/h2-9H,10-14H2,1H3,(H,21,23). The second-order valence-corrected chi connectivity index (χ2v) is 8.46. The molecule has 1 fully saturated rings. The average molecular weight is 418 g/mol.